The lowest BCUT2D eigenvalue weighted by Gasteiger charge is -2.19. The van der Waals surface area contributed by atoms with E-state index < -0.39 is 17.9 Å². The molecule has 2 N–H and O–H groups in total. The molecule has 98 valence electrons. The lowest BCUT2D eigenvalue weighted by molar-refractivity contribution is -0.148. The number of rotatable bonds is 7. The van der Waals surface area contributed by atoms with Crippen LogP contribution in [0.5, 0.6) is 0 Å². The fourth-order valence-corrected chi connectivity index (χ4v) is 2.09. The maximum atomic E-state index is 11.1. The van der Waals surface area contributed by atoms with Gasteiger partial charge in [0.2, 0.25) is 0 Å². The lowest BCUT2D eigenvalue weighted by Crippen LogP contribution is -2.20. The van der Waals surface area contributed by atoms with E-state index in [9.17, 15) is 9.59 Å². The number of hydrogen-bond donors (Lipinski definition) is 2. The summed E-state index contributed by atoms with van der Waals surface area (Å²) >= 11 is 0. The standard InChI is InChI=1S/C14H18O4/c1-2-10(11-6-4-3-5-7-11)8-12(14(17)18)9-13(15)16/h3-7,10,12H,2,8-9H2,1H3,(H,15,16)(H,17,18). The molecule has 4 heteroatoms. The molecule has 18 heavy (non-hydrogen) atoms. The van der Waals surface area contributed by atoms with Crippen LogP contribution in [0.3, 0.4) is 0 Å². The number of hydrogen-bond acceptors (Lipinski definition) is 2. The highest BCUT2D eigenvalue weighted by Gasteiger charge is 2.25. The highest BCUT2D eigenvalue weighted by Crippen LogP contribution is 2.28. The van der Waals surface area contributed by atoms with Crippen molar-refractivity contribution in [3.05, 3.63) is 35.9 Å². The van der Waals surface area contributed by atoms with Crippen molar-refractivity contribution < 1.29 is 19.8 Å². The molecule has 2 unspecified atom stereocenters. The summed E-state index contributed by atoms with van der Waals surface area (Å²) in [7, 11) is 0. The Hall–Kier alpha value is -1.84. The van der Waals surface area contributed by atoms with Crippen molar-refractivity contribution in [1.29, 1.82) is 0 Å². The molecule has 1 aromatic carbocycles. The second-order valence-electron chi connectivity index (χ2n) is 4.38. The number of carbonyl (C=O) groups is 2. The first kappa shape index (κ1) is 14.2. The summed E-state index contributed by atoms with van der Waals surface area (Å²) in [5.74, 6) is -2.84. The molecule has 0 aliphatic carbocycles. The molecule has 0 fully saturated rings. The minimum atomic E-state index is -1.06. The van der Waals surface area contributed by atoms with Gasteiger partial charge in [-0.15, -0.1) is 0 Å². The van der Waals surface area contributed by atoms with Crippen molar-refractivity contribution in [2.24, 2.45) is 5.92 Å². The van der Waals surface area contributed by atoms with Crippen LogP contribution in [0.2, 0.25) is 0 Å². The molecule has 0 saturated heterocycles. The quantitative estimate of drug-likeness (QED) is 0.780. The molecule has 0 bridgehead atoms. The van der Waals surface area contributed by atoms with E-state index in [0.717, 1.165) is 12.0 Å². The molecule has 0 aliphatic rings. The third kappa shape index (κ3) is 4.20. The normalized spacial score (nSPS) is 13.8. The highest BCUT2D eigenvalue weighted by molar-refractivity contribution is 5.77. The Kier molecular flexibility index (Phi) is 5.36. The van der Waals surface area contributed by atoms with Crippen LogP contribution in [0.25, 0.3) is 0 Å². The van der Waals surface area contributed by atoms with Gasteiger partial charge >= 0.3 is 11.9 Å². The Morgan fingerprint density at radius 1 is 1.17 bits per heavy atom. The molecule has 1 rings (SSSR count). The maximum Gasteiger partial charge on any atom is 0.307 e. The van der Waals surface area contributed by atoms with E-state index in [1.54, 1.807) is 0 Å². The van der Waals surface area contributed by atoms with Crippen LogP contribution in [0.4, 0.5) is 0 Å². The molecule has 1 aromatic rings. The average molecular weight is 250 g/mol. The second kappa shape index (κ2) is 6.79. The highest BCUT2D eigenvalue weighted by atomic mass is 16.4. The summed E-state index contributed by atoms with van der Waals surface area (Å²) in [4.78, 5) is 21.7. The van der Waals surface area contributed by atoms with E-state index in [2.05, 4.69) is 0 Å². The molecule has 0 aliphatic heterocycles. The van der Waals surface area contributed by atoms with E-state index in [4.69, 9.17) is 10.2 Å². The molecule has 0 aromatic heterocycles. The van der Waals surface area contributed by atoms with Gasteiger partial charge in [0, 0.05) is 0 Å². The van der Waals surface area contributed by atoms with Gasteiger partial charge in [-0.2, -0.15) is 0 Å². The largest absolute Gasteiger partial charge is 0.481 e. The summed E-state index contributed by atoms with van der Waals surface area (Å²) in [6, 6.07) is 9.62. The van der Waals surface area contributed by atoms with Crippen molar-refractivity contribution in [3.63, 3.8) is 0 Å². The van der Waals surface area contributed by atoms with Crippen molar-refractivity contribution in [1.82, 2.24) is 0 Å². The van der Waals surface area contributed by atoms with Gasteiger partial charge in [0.1, 0.15) is 0 Å². The summed E-state index contributed by atoms with van der Waals surface area (Å²) < 4.78 is 0. The maximum absolute atomic E-state index is 11.1. The smallest absolute Gasteiger partial charge is 0.307 e. The number of aliphatic carboxylic acids is 2. The van der Waals surface area contributed by atoms with Crippen molar-refractivity contribution in [2.45, 2.75) is 32.1 Å². The van der Waals surface area contributed by atoms with Crippen LogP contribution in [0, 0.1) is 5.92 Å². The van der Waals surface area contributed by atoms with Crippen LogP contribution >= 0.6 is 0 Å². The van der Waals surface area contributed by atoms with Crippen LogP contribution in [0.1, 0.15) is 37.7 Å². The van der Waals surface area contributed by atoms with E-state index in [1.807, 2.05) is 37.3 Å². The van der Waals surface area contributed by atoms with Gasteiger partial charge in [0.05, 0.1) is 12.3 Å². The lowest BCUT2D eigenvalue weighted by atomic mass is 9.85. The van der Waals surface area contributed by atoms with Crippen molar-refractivity contribution in [3.8, 4) is 0 Å². The van der Waals surface area contributed by atoms with Crippen molar-refractivity contribution >= 4 is 11.9 Å². The SMILES string of the molecule is CCC(CC(CC(=O)O)C(=O)O)c1ccccc1. The molecule has 0 spiro atoms. The van der Waals surface area contributed by atoms with Crippen molar-refractivity contribution in [2.75, 3.05) is 0 Å². The molecule has 0 amide bonds. The van der Waals surface area contributed by atoms with Gasteiger partial charge in [-0.3, -0.25) is 9.59 Å². The Morgan fingerprint density at radius 3 is 2.22 bits per heavy atom. The van der Waals surface area contributed by atoms with Gasteiger partial charge < -0.3 is 10.2 Å². The fraction of sp³-hybridized carbons (Fsp3) is 0.429. The van der Waals surface area contributed by atoms with E-state index in [0.29, 0.717) is 6.42 Å². The van der Waals surface area contributed by atoms with Crippen LogP contribution < -0.4 is 0 Å². The topological polar surface area (TPSA) is 74.6 Å². The van der Waals surface area contributed by atoms with E-state index in [-0.39, 0.29) is 12.3 Å². The molecular weight excluding hydrogens is 232 g/mol. The zero-order valence-corrected chi connectivity index (χ0v) is 10.4. The molecule has 0 heterocycles. The number of carboxylic acids is 2. The molecule has 0 saturated carbocycles. The van der Waals surface area contributed by atoms with Gasteiger partial charge in [0.15, 0.2) is 0 Å². The van der Waals surface area contributed by atoms with Gasteiger partial charge in [0.25, 0.3) is 0 Å². The third-order valence-electron chi connectivity index (χ3n) is 3.10. The second-order valence-corrected chi connectivity index (χ2v) is 4.38. The monoisotopic (exact) mass is 250 g/mol. The van der Waals surface area contributed by atoms with E-state index in [1.165, 1.54) is 0 Å². The molecule has 0 radical (unpaired) electrons. The summed E-state index contributed by atoms with van der Waals surface area (Å²) in [6.07, 6.45) is 0.841. The summed E-state index contributed by atoms with van der Waals surface area (Å²) in [5, 5.41) is 17.8. The number of carboxylic acid groups (broad SMARTS) is 2. The summed E-state index contributed by atoms with van der Waals surface area (Å²) in [6.45, 7) is 1.98. The minimum Gasteiger partial charge on any atom is -0.481 e. The predicted octanol–water partition coefficient (Wildman–Crippen LogP) is 2.75. The molecular formula is C14H18O4. The van der Waals surface area contributed by atoms with Gasteiger partial charge in [-0.05, 0) is 24.3 Å². The molecule has 2 atom stereocenters. The molecule has 4 nitrogen and oxygen atoms in total. The zero-order chi connectivity index (χ0) is 13.5. The first-order chi connectivity index (χ1) is 8.54. The van der Waals surface area contributed by atoms with E-state index >= 15 is 0 Å². The first-order valence-corrected chi connectivity index (χ1v) is 6.04. The third-order valence-corrected chi connectivity index (χ3v) is 3.10. The Morgan fingerprint density at radius 2 is 1.78 bits per heavy atom. The Balaban J connectivity index is 2.77. The fourth-order valence-electron chi connectivity index (χ4n) is 2.09. The zero-order valence-electron chi connectivity index (χ0n) is 10.4. The Labute approximate surface area is 106 Å². The van der Waals surface area contributed by atoms with Crippen LogP contribution in [-0.2, 0) is 9.59 Å². The predicted molar refractivity (Wildman–Crippen MR) is 67.5 cm³/mol. The number of benzene rings is 1. The summed E-state index contributed by atoms with van der Waals surface area (Å²) in [5.41, 5.74) is 1.07. The minimum absolute atomic E-state index is 0.0895. The van der Waals surface area contributed by atoms with Gasteiger partial charge in [-0.1, -0.05) is 37.3 Å². The Bertz CT molecular complexity index is 400. The van der Waals surface area contributed by atoms with Crippen LogP contribution in [0.15, 0.2) is 30.3 Å². The van der Waals surface area contributed by atoms with Crippen LogP contribution in [-0.4, -0.2) is 22.2 Å². The first-order valence-electron chi connectivity index (χ1n) is 6.04. The average Bonchev–Trinajstić information content (AvgIpc) is 2.34. The van der Waals surface area contributed by atoms with Gasteiger partial charge in [-0.25, -0.2) is 0 Å².